The van der Waals surface area contributed by atoms with E-state index in [2.05, 4.69) is 0 Å². The molecule has 2 atom stereocenters. The van der Waals surface area contributed by atoms with Crippen LogP contribution < -0.4 is 0 Å². The zero-order chi connectivity index (χ0) is 19.3. The zero-order valence-corrected chi connectivity index (χ0v) is 16.4. The van der Waals surface area contributed by atoms with Crippen molar-refractivity contribution in [1.82, 2.24) is 9.80 Å². The number of benzene rings is 1. The van der Waals surface area contributed by atoms with Gasteiger partial charge in [0, 0.05) is 12.6 Å². The van der Waals surface area contributed by atoms with Crippen LogP contribution in [0.3, 0.4) is 0 Å². The van der Waals surface area contributed by atoms with Gasteiger partial charge in [0.15, 0.2) is 5.78 Å². The number of carbonyl (C=O) groups is 3. The van der Waals surface area contributed by atoms with Gasteiger partial charge in [0.2, 0.25) is 0 Å². The molecule has 1 saturated heterocycles. The molecule has 3 amide bonds. The molecule has 3 saturated carbocycles. The smallest absolute Gasteiger partial charge is 0.313 e. The SMILES string of the molecule is Cc1cccc(C(=O)CN2C(=O)N(C)C(C)(C3CC4CCC3CC4)C2=O)c1. The van der Waals surface area contributed by atoms with E-state index in [1.807, 2.05) is 26.0 Å². The van der Waals surface area contributed by atoms with E-state index < -0.39 is 5.54 Å². The molecule has 2 unspecified atom stereocenters. The number of fused-ring (bicyclic) bond motifs is 3. The van der Waals surface area contributed by atoms with E-state index >= 15 is 0 Å². The number of urea groups is 1. The summed E-state index contributed by atoms with van der Waals surface area (Å²) in [6, 6.07) is 6.95. The van der Waals surface area contributed by atoms with Gasteiger partial charge in [0.25, 0.3) is 5.91 Å². The van der Waals surface area contributed by atoms with Gasteiger partial charge in [0.05, 0.1) is 6.54 Å². The Balaban J connectivity index is 1.58. The molecular formula is C22H28N2O3. The maximum absolute atomic E-state index is 13.4. The molecule has 0 aromatic heterocycles. The minimum atomic E-state index is -0.826. The number of hydrogen-bond donors (Lipinski definition) is 0. The molecule has 5 heteroatoms. The second-order valence-electron chi connectivity index (χ2n) is 8.80. The van der Waals surface area contributed by atoms with Crippen molar-refractivity contribution in [2.45, 2.75) is 51.5 Å². The summed E-state index contributed by atoms with van der Waals surface area (Å²) in [5.41, 5.74) is 0.706. The molecule has 4 aliphatic rings. The van der Waals surface area contributed by atoms with Crippen molar-refractivity contribution in [2.75, 3.05) is 13.6 Å². The summed E-state index contributed by atoms with van der Waals surface area (Å²) in [4.78, 5) is 41.7. The summed E-state index contributed by atoms with van der Waals surface area (Å²) in [6.07, 6.45) is 5.83. The Morgan fingerprint density at radius 3 is 2.48 bits per heavy atom. The van der Waals surface area contributed by atoms with Crippen LogP contribution in [0.2, 0.25) is 0 Å². The standard InChI is InChI=1S/C22H28N2O3/c1-14-5-4-6-17(11-14)19(25)13-24-20(26)22(2,23(3)21(24)27)18-12-15-7-9-16(18)10-8-15/h4-6,11,15-16,18H,7-10,12-13H2,1-3H3. The molecule has 5 nitrogen and oxygen atoms in total. The number of nitrogens with zero attached hydrogens (tertiary/aromatic N) is 2. The Hall–Kier alpha value is -2.17. The second kappa shape index (κ2) is 6.47. The van der Waals surface area contributed by atoms with Gasteiger partial charge >= 0.3 is 6.03 Å². The summed E-state index contributed by atoms with van der Waals surface area (Å²) in [6.45, 7) is 3.66. The van der Waals surface area contributed by atoms with Crippen LogP contribution in [0.4, 0.5) is 4.79 Å². The number of Topliss-reactive ketones (excluding diaryl/α,β-unsaturated/α-hetero) is 1. The zero-order valence-electron chi connectivity index (χ0n) is 16.4. The number of aryl methyl sites for hydroxylation is 1. The van der Waals surface area contributed by atoms with Crippen molar-refractivity contribution in [3.8, 4) is 0 Å². The maximum Gasteiger partial charge on any atom is 0.327 e. The van der Waals surface area contributed by atoms with E-state index in [-0.39, 0.29) is 30.2 Å². The fourth-order valence-corrected chi connectivity index (χ4v) is 5.55. The second-order valence-corrected chi connectivity index (χ2v) is 8.80. The number of rotatable bonds is 4. The maximum atomic E-state index is 13.4. The van der Waals surface area contributed by atoms with Crippen LogP contribution in [-0.4, -0.2) is 46.7 Å². The summed E-state index contributed by atoms with van der Waals surface area (Å²) in [5.74, 6) is 0.991. The third kappa shape index (κ3) is 2.79. The first-order chi connectivity index (χ1) is 12.8. The van der Waals surface area contributed by atoms with Gasteiger partial charge in [-0.15, -0.1) is 0 Å². The summed E-state index contributed by atoms with van der Waals surface area (Å²) >= 11 is 0. The van der Waals surface area contributed by atoms with E-state index in [9.17, 15) is 14.4 Å². The van der Waals surface area contributed by atoms with E-state index in [1.165, 1.54) is 17.7 Å². The van der Waals surface area contributed by atoms with Gasteiger partial charge in [-0.1, -0.05) is 36.6 Å². The monoisotopic (exact) mass is 368 g/mol. The van der Waals surface area contributed by atoms with Crippen LogP contribution in [0.5, 0.6) is 0 Å². The predicted molar refractivity (Wildman–Crippen MR) is 102 cm³/mol. The molecule has 3 aliphatic carbocycles. The van der Waals surface area contributed by atoms with Gasteiger partial charge in [0.1, 0.15) is 5.54 Å². The molecule has 0 N–H and O–H groups in total. The van der Waals surface area contributed by atoms with Crippen LogP contribution in [0, 0.1) is 24.7 Å². The Kier molecular flexibility index (Phi) is 4.36. The molecule has 2 bridgehead atoms. The number of ketones is 1. The highest BCUT2D eigenvalue weighted by molar-refractivity contribution is 6.11. The fraction of sp³-hybridized carbons (Fsp3) is 0.591. The molecule has 27 heavy (non-hydrogen) atoms. The van der Waals surface area contributed by atoms with Crippen LogP contribution >= 0.6 is 0 Å². The molecule has 1 aliphatic heterocycles. The summed E-state index contributed by atoms with van der Waals surface area (Å²) < 4.78 is 0. The average Bonchev–Trinajstić information content (AvgIpc) is 2.85. The van der Waals surface area contributed by atoms with E-state index in [1.54, 1.807) is 24.1 Å². The predicted octanol–water partition coefficient (Wildman–Crippen LogP) is 3.66. The van der Waals surface area contributed by atoms with E-state index in [0.717, 1.165) is 24.8 Å². The highest BCUT2D eigenvalue weighted by Gasteiger charge is 2.60. The van der Waals surface area contributed by atoms with Crippen LogP contribution in [0.25, 0.3) is 0 Å². The number of imide groups is 1. The first-order valence-electron chi connectivity index (χ1n) is 10.0. The van der Waals surface area contributed by atoms with E-state index in [0.29, 0.717) is 17.4 Å². The van der Waals surface area contributed by atoms with Crippen molar-refractivity contribution >= 4 is 17.7 Å². The topological polar surface area (TPSA) is 57.7 Å². The lowest BCUT2D eigenvalue weighted by Gasteiger charge is -2.49. The minimum Gasteiger partial charge on any atom is -0.313 e. The Labute approximate surface area is 160 Å². The first kappa shape index (κ1) is 18.2. The number of amides is 3. The highest BCUT2D eigenvalue weighted by atomic mass is 16.2. The fourth-order valence-electron chi connectivity index (χ4n) is 5.55. The molecular weight excluding hydrogens is 340 g/mol. The lowest BCUT2D eigenvalue weighted by Crippen LogP contribution is -2.56. The largest absolute Gasteiger partial charge is 0.327 e. The molecule has 1 aromatic carbocycles. The highest BCUT2D eigenvalue weighted by Crippen LogP contribution is 2.52. The lowest BCUT2D eigenvalue weighted by molar-refractivity contribution is -0.138. The Morgan fingerprint density at radius 2 is 1.89 bits per heavy atom. The minimum absolute atomic E-state index is 0.179. The molecule has 1 heterocycles. The number of carbonyl (C=O) groups excluding carboxylic acids is 3. The molecule has 1 aromatic rings. The average molecular weight is 368 g/mol. The molecule has 5 rings (SSSR count). The van der Waals surface area contributed by atoms with Crippen molar-refractivity contribution in [1.29, 1.82) is 0 Å². The van der Waals surface area contributed by atoms with Crippen LogP contribution in [-0.2, 0) is 4.79 Å². The summed E-state index contributed by atoms with van der Waals surface area (Å²) in [7, 11) is 1.72. The van der Waals surface area contributed by atoms with Gasteiger partial charge < -0.3 is 4.90 Å². The third-order valence-electron chi connectivity index (χ3n) is 7.30. The molecule has 0 radical (unpaired) electrons. The Morgan fingerprint density at radius 1 is 1.19 bits per heavy atom. The first-order valence-corrected chi connectivity index (χ1v) is 10.0. The van der Waals surface area contributed by atoms with Crippen molar-refractivity contribution in [3.63, 3.8) is 0 Å². The molecule has 0 spiro atoms. The number of likely N-dealkylation sites (N-methyl/N-ethyl adjacent to an activating group) is 1. The molecule has 4 fully saturated rings. The van der Waals surface area contributed by atoms with Gasteiger partial charge in [-0.3, -0.25) is 14.5 Å². The summed E-state index contributed by atoms with van der Waals surface area (Å²) in [5, 5.41) is 0. The van der Waals surface area contributed by atoms with Gasteiger partial charge in [-0.05, 0) is 56.9 Å². The molecule has 144 valence electrons. The van der Waals surface area contributed by atoms with Gasteiger partial charge in [-0.2, -0.15) is 0 Å². The van der Waals surface area contributed by atoms with Crippen molar-refractivity contribution < 1.29 is 14.4 Å². The van der Waals surface area contributed by atoms with Gasteiger partial charge in [-0.25, -0.2) is 4.79 Å². The number of hydrogen-bond acceptors (Lipinski definition) is 3. The quantitative estimate of drug-likeness (QED) is 0.602. The van der Waals surface area contributed by atoms with Crippen molar-refractivity contribution in [2.24, 2.45) is 17.8 Å². The van der Waals surface area contributed by atoms with Crippen LogP contribution in [0.1, 0.15) is 54.9 Å². The third-order valence-corrected chi connectivity index (χ3v) is 7.30. The van der Waals surface area contributed by atoms with Crippen molar-refractivity contribution in [3.05, 3.63) is 35.4 Å². The van der Waals surface area contributed by atoms with Crippen LogP contribution in [0.15, 0.2) is 24.3 Å². The Bertz CT molecular complexity index is 797. The lowest BCUT2D eigenvalue weighted by atomic mass is 9.59. The van der Waals surface area contributed by atoms with E-state index in [4.69, 9.17) is 0 Å². The normalized spacial score (nSPS) is 33.1.